The molecular formula is C6H10O2. The summed E-state index contributed by atoms with van der Waals surface area (Å²) in [4.78, 5) is 0. The van der Waals surface area contributed by atoms with Crippen molar-refractivity contribution in [2.24, 2.45) is 11.8 Å². The number of methoxy groups -OCH3 is 1. The van der Waals surface area contributed by atoms with Crippen LogP contribution in [0.25, 0.3) is 0 Å². The molecule has 46 valence electrons. The van der Waals surface area contributed by atoms with Crippen molar-refractivity contribution < 1.29 is 9.47 Å². The fourth-order valence-electron chi connectivity index (χ4n) is 1.38. The van der Waals surface area contributed by atoms with Gasteiger partial charge in [-0.3, -0.25) is 0 Å². The first-order valence-corrected chi connectivity index (χ1v) is 3.06. The van der Waals surface area contributed by atoms with Crippen LogP contribution in [0.4, 0.5) is 0 Å². The van der Waals surface area contributed by atoms with Gasteiger partial charge in [0.25, 0.3) is 0 Å². The molecule has 1 saturated carbocycles. The highest BCUT2D eigenvalue weighted by Gasteiger charge is 2.49. The summed E-state index contributed by atoms with van der Waals surface area (Å²) >= 11 is 0. The van der Waals surface area contributed by atoms with Crippen molar-refractivity contribution >= 4 is 0 Å². The summed E-state index contributed by atoms with van der Waals surface area (Å²) in [5.41, 5.74) is 0. The van der Waals surface area contributed by atoms with Crippen molar-refractivity contribution in [2.45, 2.75) is 12.7 Å². The van der Waals surface area contributed by atoms with E-state index in [1.807, 2.05) is 0 Å². The maximum absolute atomic E-state index is 5.24. The number of rotatable bonds is 1. The summed E-state index contributed by atoms with van der Waals surface area (Å²) in [6, 6.07) is 0. The maximum Gasteiger partial charge on any atom is 0.160 e. The van der Waals surface area contributed by atoms with Gasteiger partial charge in [0, 0.05) is 13.0 Å². The highest BCUT2D eigenvalue weighted by Crippen LogP contribution is 2.47. The lowest BCUT2D eigenvalue weighted by Gasteiger charge is -2.07. The van der Waals surface area contributed by atoms with Gasteiger partial charge < -0.3 is 9.47 Å². The summed E-state index contributed by atoms with van der Waals surface area (Å²) in [6.45, 7) is 0.934. The van der Waals surface area contributed by atoms with E-state index in [2.05, 4.69) is 0 Å². The molecule has 2 aliphatic rings. The lowest BCUT2D eigenvalue weighted by Crippen LogP contribution is -2.11. The third-order valence-electron chi connectivity index (χ3n) is 2.03. The van der Waals surface area contributed by atoms with Crippen molar-refractivity contribution in [3.8, 4) is 0 Å². The molecule has 2 heteroatoms. The standard InChI is InChI=1S/C6H10O2/c1-7-6-5-2-4(5)3-8-6/h4-6H,2-3H2,1H3/t4-,5-,6-/m1/s1. The van der Waals surface area contributed by atoms with Crippen molar-refractivity contribution in [1.82, 2.24) is 0 Å². The van der Waals surface area contributed by atoms with Crippen LogP contribution in [-0.4, -0.2) is 20.0 Å². The van der Waals surface area contributed by atoms with Crippen molar-refractivity contribution in [2.75, 3.05) is 13.7 Å². The normalized spacial score (nSPS) is 51.4. The largest absolute Gasteiger partial charge is 0.356 e. The Morgan fingerprint density at radius 1 is 1.62 bits per heavy atom. The monoisotopic (exact) mass is 114 g/mol. The summed E-state index contributed by atoms with van der Waals surface area (Å²) in [5.74, 6) is 1.60. The number of hydrogen-bond acceptors (Lipinski definition) is 2. The molecule has 0 unspecified atom stereocenters. The topological polar surface area (TPSA) is 18.5 Å². The van der Waals surface area contributed by atoms with Crippen molar-refractivity contribution in [3.05, 3.63) is 0 Å². The van der Waals surface area contributed by atoms with Crippen LogP contribution in [0.5, 0.6) is 0 Å². The predicted octanol–water partition coefficient (Wildman–Crippen LogP) is 0.625. The zero-order chi connectivity index (χ0) is 5.56. The summed E-state index contributed by atoms with van der Waals surface area (Å²) in [6.07, 6.45) is 1.47. The van der Waals surface area contributed by atoms with Crippen LogP contribution < -0.4 is 0 Å². The van der Waals surface area contributed by atoms with E-state index in [0.29, 0.717) is 0 Å². The second-order valence-corrected chi connectivity index (χ2v) is 2.60. The molecule has 0 N–H and O–H groups in total. The first-order valence-electron chi connectivity index (χ1n) is 3.06. The molecule has 0 aromatic carbocycles. The van der Waals surface area contributed by atoms with Gasteiger partial charge in [0.2, 0.25) is 0 Å². The zero-order valence-electron chi connectivity index (χ0n) is 4.96. The molecule has 1 saturated heterocycles. The van der Waals surface area contributed by atoms with Crippen molar-refractivity contribution in [3.63, 3.8) is 0 Å². The van der Waals surface area contributed by atoms with Crippen molar-refractivity contribution in [1.29, 1.82) is 0 Å². The Morgan fingerprint density at radius 3 is 2.75 bits per heavy atom. The van der Waals surface area contributed by atoms with Crippen LogP contribution in [0.2, 0.25) is 0 Å². The third-order valence-corrected chi connectivity index (χ3v) is 2.03. The van der Waals surface area contributed by atoms with Gasteiger partial charge in [-0.1, -0.05) is 0 Å². The first kappa shape index (κ1) is 4.77. The van der Waals surface area contributed by atoms with E-state index in [0.717, 1.165) is 18.4 Å². The van der Waals surface area contributed by atoms with Gasteiger partial charge in [0.05, 0.1) is 6.61 Å². The van der Waals surface area contributed by atoms with Crippen LogP contribution in [0.1, 0.15) is 6.42 Å². The van der Waals surface area contributed by atoms with E-state index in [4.69, 9.17) is 9.47 Å². The Labute approximate surface area is 48.8 Å². The van der Waals surface area contributed by atoms with Crippen LogP contribution in [-0.2, 0) is 9.47 Å². The van der Waals surface area contributed by atoms with Gasteiger partial charge in [0.15, 0.2) is 6.29 Å². The molecule has 0 aromatic heterocycles. The SMILES string of the molecule is CO[C@@H]1OC[C@H]2C[C@H]21. The number of hydrogen-bond donors (Lipinski definition) is 0. The van der Waals surface area contributed by atoms with E-state index in [9.17, 15) is 0 Å². The van der Waals surface area contributed by atoms with E-state index >= 15 is 0 Å². The number of fused-ring (bicyclic) bond motifs is 1. The Bertz CT molecular complexity index is 103. The molecular weight excluding hydrogens is 104 g/mol. The molecule has 0 spiro atoms. The third kappa shape index (κ3) is 0.501. The van der Waals surface area contributed by atoms with Gasteiger partial charge >= 0.3 is 0 Å². The Kier molecular flexibility index (Phi) is 0.866. The molecule has 8 heavy (non-hydrogen) atoms. The Balaban J connectivity index is 1.97. The average molecular weight is 114 g/mol. The summed E-state index contributed by atoms with van der Waals surface area (Å²) in [7, 11) is 1.71. The molecule has 1 heterocycles. The molecule has 0 radical (unpaired) electrons. The van der Waals surface area contributed by atoms with Gasteiger partial charge in [-0.05, 0) is 12.3 Å². The Hall–Kier alpha value is -0.0800. The first-order chi connectivity index (χ1) is 3.92. The molecule has 2 fully saturated rings. The van der Waals surface area contributed by atoms with Crippen LogP contribution in [0, 0.1) is 11.8 Å². The lowest BCUT2D eigenvalue weighted by molar-refractivity contribution is -0.109. The molecule has 3 atom stereocenters. The van der Waals surface area contributed by atoms with Gasteiger partial charge in [0.1, 0.15) is 0 Å². The highest BCUT2D eigenvalue weighted by molar-refractivity contribution is 4.93. The van der Waals surface area contributed by atoms with Crippen LogP contribution in [0.3, 0.4) is 0 Å². The smallest absolute Gasteiger partial charge is 0.160 e. The zero-order valence-corrected chi connectivity index (χ0v) is 4.96. The summed E-state index contributed by atoms with van der Waals surface area (Å²) in [5, 5.41) is 0. The van der Waals surface area contributed by atoms with Crippen LogP contribution in [0.15, 0.2) is 0 Å². The molecule has 1 aliphatic heterocycles. The molecule has 2 nitrogen and oxygen atoms in total. The van der Waals surface area contributed by atoms with E-state index in [1.165, 1.54) is 6.42 Å². The number of ether oxygens (including phenoxy) is 2. The van der Waals surface area contributed by atoms with Gasteiger partial charge in [-0.15, -0.1) is 0 Å². The van der Waals surface area contributed by atoms with E-state index < -0.39 is 0 Å². The lowest BCUT2D eigenvalue weighted by atomic mass is 10.4. The molecule has 0 amide bonds. The fraction of sp³-hybridized carbons (Fsp3) is 1.00. The second-order valence-electron chi connectivity index (χ2n) is 2.60. The minimum atomic E-state index is 0.139. The quantitative estimate of drug-likeness (QED) is 0.497. The summed E-state index contributed by atoms with van der Waals surface area (Å²) < 4.78 is 10.3. The molecule has 0 aromatic rings. The van der Waals surface area contributed by atoms with Gasteiger partial charge in [-0.2, -0.15) is 0 Å². The van der Waals surface area contributed by atoms with E-state index in [-0.39, 0.29) is 6.29 Å². The average Bonchev–Trinajstić information content (AvgIpc) is 2.46. The molecule has 2 rings (SSSR count). The second kappa shape index (κ2) is 1.45. The minimum absolute atomic E-state index is 0.139. The predicted molar refractivity (Wildman–Crippen MR) is 28.3 cm³/mol. The molecule has 1 aliphatic carbocycles. The Morgan fingerprint density at radius 2 is 2.50 bits per heavy atom. The van der Waals surface area contributed by atoms with Crippen LogP contribution >= 0.6 is 0 Å². The minimum Gasteiger partial charge on any atom is -0.356 e. The van der Waals surface area contributed by atoms with E-state index in [1.54, 1.807) is 7.11 Å². The van der Waals surface area contributed by atoms with Gasteiger partial charge in [-0.25, -0.2) is 0 Å². The highest BCUT2D eigenvalue weighted by atomic mass is 16.7. The molecule has 0 bridgehead atoms. The fourth-order valence-corrected chi connectivity index (χ4v) is 1.38. The maximum atomic E-state index is 5.24.